The van der Waals surface area contributed by atoms with Crippen LogP contribution in [0.2, 0.25) is 0 Å². The second kappa shape index (κ2) is 11.3. The molecule has 0 saturated carbocycles. The van der Waals surface area contributed by atoms with Gasteiger partial charge in [-0.05, 0) is 55.7 Å². The smallest absolute Gasteiger partial charge is 0.283 e. The molecule has 180 valence electrons. The van der Waals surface area contributed by atoms with Gasteiger partial charge >= 0.3 is 0 Å². The highest BCUT2D eigenvalue weighted by Gasteiger charge is 2.20. The minimum Gasteiger partial charge on any atom is -0.494 e. The molecule has 1 aliphatic heterocycles. The third-order valence-electron chi connectivity index (χ3n) is 5.22. The minimum atomic E-state index is -0.537. The molecular formula is C24H22N4O5S2. The van der Waals surface area contributed by atoms with Crippen molar-refractivity contribution in [1.82, 2.24) is 10.3 Å². The summed E-state index contributed by atoms with van der Waals surface area (Å²) in [6.45, 7) is 3.46. The van der Waals surface area contributed by atoms with Crippen molar-refractivity contribution in [3.8, 4) is 11.8 Å². The zero-order valence-corrected chi connectivity index (χ0v) is 20.5. The Hall–Kier alpha value is -3.46. The van der Waals surface area contributed by atoms with Gasteiger partial charge < -0.3 is 14.8 Å². The number of nitriles is 1. The van der Waals surface area contributed by atoms with E-state index in [1.54, 1.807) is 12.1 Å². The van der Waals surface area contributed by atoms with Gasteiger partial charge in [-0.2, -0.15) is 5.26 Å². The number of amides is 1. The standard InChI is InChI=1S/C24H22N4O5S2/c1-2-32-17-6-7-19-22(12-17)35-24(27-19)34-21-8-5-15(11-20(21)28(30)31)10-16(13-25)23(29)26-14-18-4-3-9-33-18/h5-8,10-12,18H,2-4,9,14H2,1H3,(H,26,29)/b16-10+/t18-/m0/s1. The molecule has 0 aliphatic carbocycles. The maximum atomic E-state index is 12.4. The molecule has 11 heteroatoms. The fraction of sp³-hybridized carbons (Fsp3) is 0.292. The van der Waals surface area contributed by atoms with Gasteiger partial charge in [0.25, 0.3) is 11.6 Å². The number of benzene rings is 2. The Balaban J connectivity index is 1.53. The molecule has 1 aromatic heterocycles. The van der Waals surface area contributed by atoms with E-state index in [4.69, 9.17) is 9.47 Å². The number of nitrogens with one attached hydrogen (secondary N) is 1. The third kappa shape index (κ3) is 6.16. The lowest BCUT2D eigenvalue weighted by Crippen LogP contribution is -2.32. The first-order valence-electron chi connectivity index (χ1n) is 11.0. The summed E-state index contributed by atoms with van der Waals surface area (Å²) in [5.41, 5.74) is 0.912. The number of rotatable bonds is 9. The molecule has 1 fully saturated rings. The summed E-state index contributed by atoms with van der Waals surface area (Å²) in [6.07, 6.45) is 3.10. The van der Waals surface area contributed by atoms with E-state index in [9.17, 15) is 20.2 Å². The van der Waals surface area contributed by atoms with Crippen LogP contribution in [0.4, 0.5) is 5.69 Å². The molecule has 1 N–H and O–H groups in total. The van der Waals surface area contributed by atoms with Crippen molar-refractivity contribution < 1.29 is 19.2 Å². The van der Waals surface area contributed by atoms with Crippen LogP contribution in [0.25, 0.3) is 16.3 Å². The van der Waals surface area contributed by atoms with Crippen LogP contribution in [0.1, 0.15) is 25.3 Å². The summed E-state index contributed by atoms with van der Waals surface area (Å²) < 4.78 is 12.6. The first kappa shape index (κ1) is 24.7. The van der Waals surface area contributed by atoms with Crippen LogP contribution in [0.3, 0.4) is 0 Å². The van der Waals surface area contributed by atoms with Gasteiger partial charge in [-0.15, -0.1) is 11.3 Å². The predicted octanol–water partition coefficient (Wildman–Crippen LogP) is 4.96. The largest absolute Gasteiger partial charge is 0.494 e. The molecule has 35 heavy (non-hydrogen) atoms. The zero-order chi connectivity index (χ0) is 24.8. The van der Waals surface area contributed by atoms with Gasteiger partial charge in [0.15, 0.2) is 4.34 Å². The number of nitro benzene ring substituents is 1. The fourth-order valence-electron chi connectivity index (χ4n) is 3.55. The van der Waals surface area contributed by atoms with Gasteiger partial charge in [0, 0.05) is 19.2 Å². The van der Waals surface area contributed by atoms with E-state index < -0.39 is 10.8 Å². The van der Waals surface area contributed by atoms with Gasteiger partial charge in [-0.3, -0.25) is 14.9 Å². The number of aromatic nitrogens is 1. The second-order valence-electron chi connectivity index (χ2n) is 7.64. The van der Waals surface area contributed by atoms with E-state index in [2.05, 4.69) is 10.3 Å². The molecule has 0 spiro atoms. The molecule has 2 heterocycles. The lowest BCUT2D eigenvalue weighted by atomic mass is 10.1. The van der Waals surface area contributed by atoms with Crippen LogP contribution in [0, 0.1) is 21.4 Å². The minimum absolute atomic E-state index is 0.0513. The summed E-state index contributed by atoms with van der Waals surface area (Å²) >= 11 is 2.62. The molecule has 2 aromatic carbocycles. The highest BCUT2D eigenvalue weighted by molar-refractivity contribution is 8.01. The van der Waals surface area contributed by atoms with Crippen LogP contribution >= 0.6 is 23.1 Å². The number of nitro groups is 1. The van der Waals surface area contributed by atoms with Gasteiger partial charge in [-0.1, -0.05) is 17.8 Å². The summed E-state index contributed by atoms with van der Waals surface area (Å²) in [6, 6.07) is 12.1. The van der Waals surface area contributed by atoms with Crippen molar-refractivity contribution in [1.29, 1.82) is 5.26 Å². The average molecular weight is 511 g/mol. The number of ether oxygens (including phenoxy) is 2. The van der Waals surface area contributed by atoms with Crippen LogP contribution in [-0.4, -0.2) is 41.7 Å². The maximum Gasteiger partial charge on any atom is 0.283 e. The topological polar surface area (TPSA) is 127 Å². The van der Waals surface area contributed by atoms with Crippen LogP contribution in [0.5, 0.6) is 5.75 Å². The van der Waals surface area contributed by atoms with Gasteiger partial charge in [-0.25, -0.2) is 4.98 Å². The van der Waals surface area contributed by atoms with Crippen molar-refractivity contribution in [2.75, 3.05) is 19.8 Å². The first-order valence-corrected chi connectivity index (χ1v) is 12.6. The molecule has 0 radical (unpaired) electrons. The van der Waals surface area contributed by atoms with Gasteiger partial charge in [0.2, 0.25) is 0 Å². The molecule has 1 atom stereocenters. The lowest BCUT2D eigenvalue weighted by molar-refractivity contribution is -0.387. The Morgan fingerprint density at radius 1 is 1.43 bits per heavy atom. The Labute approximate surface area is 209 Å². The molecule has 0 bridgehead atoms. The van der Waals surface area contributed by atoms with Crippen LogP contribution in [0.15, 0.2) is 51.2 Å². The van der Waals surface area contributed by atoms with E-state index in [0.717, 1.165) is 28.8 Å². The highest BCUT2D eigenvalue weighted by atomic mass is 32.2. The summed E-state index contributed by atoms with van der Waals surface area (Å²) in [4.78, 5) is 28.7. The van der Waals surface area contributed by atoms with E-state index >= 15 is 0 Å². The van der Waals surface area contributed by atoms with E-state index in [1.807, 2.05) is 31.2 Å². The lowest BCUT2D eigenvalue weighted by Gasteiger charge is -2.10. The maximum absolute atomic E-state index is 12.4. The predicted molar refractivity (Wildman–Crippen MR) is 134 cm³/mol. The third-order valence-corrected chi connectivity index (χ3v) is 7.36. The van der Waals surface area contributed by atoms with E-state index in [1.165, 1.54) is 35.2 Å². The zero-order valence-electron chi connectivity index (χ0n) is 18.9. The Morgan fingerprint density at radius 3 is 3.00 bits per heavy atom. The van der Waals surface area contributed by atoms with Crippen molar-refractivity contribution in [2.45, 2.75) is 35.1 Å². The van der Waals surface area contributed by atoms with Crippen molar-refractivity contribution in [2.24, 2.45) is 0 Å². The summed E-state index contributed by atoms with van der Waals surface area (Å²) in [5.74, 6) is 0.209. The van der Waals surface area contributed by atoms with Gasteiger partial charge in [0.05, 0.1) is 32.7 Å². The Bertz CT molecular complexity index is 1330. The summed E-state index contributed by atoms with van der Waals surface area (Å²) in [7, 11) is 0. The van der Waals surface area contributed by atoms with Crippen LogP contribution in [-0.2, 0) is 9.53 Å². The van der Waals surface area contributed by atoms with Crippen molar-refractivity contribution in [3.05, 3.63) is 57.6 Å². The Morgan fingerprint density at radius 2 is 2.29 bits per heavy atom. The van der Waals surface area contributed by atoms with Crippen molar-refractivity contribution >= 4 is 51.0 Å². The van der Waals surface area contributed by atoms with E-state index in [-0.39, 0.29) is 17.4 Å². The Kier molecular flexibility index (Phi) is 7.97. The van der Waals surface area contributed by atoms with E-state index in [0.29, 0.717) is 34.6 Å². The SMILES string of the molecule is CCOc1ccc2nc(Sc3ccc(/C=C(\C#N)C(=O)NC[C@@H]4CCCO4)cc3[N+](=O)[O-])sc2c1. The number of hydrogen-bond donors (Lipinski definition) is 1. The highest BCUT2D eigenvalue weighted by Crippen LogP contribution is 2.40. The quantitative estimate of drug-likeness (QED) is 0.185. The number of hydrogen-bond acceptors (Lipinski definition) is 9. The summed E-state index contributed by atoms with van der Waals surface area (Å²) in [5, 5.41) is 23.9. The molecule has 1 amide bonds. The first-order chi connectivity index (χ1) is 17.0. The van der Waals surface area contributed by atoms with Gasteiger partial charge in [0.1, 0.15) is 17.4 Å². The number of nitrogens with zero attached hydrogens (tertiary/aromatic N) is 3. The van der Waals surface area contributed by atoms with Crippen molar-refractivity contribution in [3.63, 3.8) is 0 Å². The number of carbonyl (C=O) groups excluding carboxylic acids is 1. The molecule has 4 rings (SSSR count). The number of fused-ring (bicyclic) bond motifs is 1. The molecule has 3 aromatic rings. The molecule has 9 nitrogen and oxygen atoms in total. The molecular weight excluding hydrogens is 488 g/mol. The van der Waals surface area contributed by atoms with Crippen LogP contribution < -0.4 is 10.1 Å². The average Bonchev–Trinajstić information content (AvgIpc) is 3.51. The second-order valence-corrected chi connectivity index (χ2v) is 9.96. The molecule has 1 saturated heterocycles. The molecule has 1 aliphatic rings. The fourth-order valence-corrected chi connectivity index (χ4v) is 5.69. The normalized spacial score (nSPS) is 15.7. The number of carbonyl (C=O) groups is 1. The monoisotopic (exact) mass is 510 g/mol. The molecule has 0 unspecified atom stereocenters. The number of thiazole rings is 1.